The van der Waals surface area contributed by atoms with Crippen LogP contribution in [-0.2, 0) is 43.0 Å². The summed E-state index contributed by atoms with van der Waals surface area (Å²) in [6, 6.07) is 0. The molecular weight excluding hydrogens is 583 g/mol. The van der Waals surface area contributed by atoms with Crippen molar-refractivity contribution in [2.45, 2.75) is 40.0 Å². The fourth-order valence-electron chi connectivity index (χ4n) is 1.44. The van der Waals surface area contributed by atoms with Gasteiger partial charge in [-0.25, -0.2) is 14.4 Å². The number of aliphatic carboxylic acids is 3. The Morgan fingerprint density at radius 1 is 0.529 bits per heavy atom. The van der Waals surface area contributed by atoms with Gasteiger partial charge in [-0.1, -0.05) is 19.7 Å². The van der Waals surface area contributed by atoms with Gasteiger partial charge >= 0.3 is 53.5 Å². The van der Waals surface area contributed by atoms with E-state index < -0.39 is 55.1 Å². The Morgan fingerprint density at radius 2 is 0.706 bits per heavy atom. The predicted octanol–water partition coefficient (Wildman–Crippen LogP) is -2.26. The fraction of sp³-hybridized carbons (Fsp3) is 0.429. The second-order valence-electron chi connectivity index (χ2n) is 5.62. The molecule has 0 amide bonds. The standard InChI is InChI=1S/3C7H10O4.La/c3*1-3-11-7(10)5(2)4-6(8)9;/h3*2-4H2,1H3,(H,8,9);/q;;;+3/p-3. The Kier molecular flexibility index (Phi) is 26.5. The number of ether oxygens (including phenoxy) is 3. The van der Waals surface area contributed by atoms with Crippen LogP contribution in [0.2, 0.25) is 0 Å². The van der Waals surface area contributed by atoms with Gasteiger partial charge in [0, 0.05) is 53.9 Å². The Labute approximate surface area is 225 Å². The maximum atomic E-state index is 10.7. The van der Waals surface area contributed by atoms with Crippen LogP contribution in [0.5, 0.6) is 0 Å². The zero-order valence-electron chi connectivity index (χ0n) is 19.3. The van der Waals surface area contributed by atoms with E-state index in [0.29, 0.717) is 0 Å². The molecule has 34 heavy (non-hydrogen) atoms. The first-order valence-corrected chi connectivity index (χ1v) is 9.37. The van der Waals surface area contributed by atoms with Crippen molar-refractivity contribution in [1.29, 1.82) is 0 Å². The van der Waals surface area contributed by atoms with Gasteiger partial charge in [0.25, 0.3) is 0 Å². The normalized spacial score (nSPS) is 8.56. The molecule has 0 radical (unpaired) electrons. The molecule has 0 unspecified atom stereocenters. The Bertz CT molecular complexity index is 655. The zero-order valence-corrected chi connectivity index (χ0v) is 23.0. The molecule has 0 spiro atoms. The molecule has 0 aliphatic heterocycles. The first-order valence-electron chi connectivity index (χ1n) is 9.37. The number of carboxylic acid groups (broad SMARTS) is 3. The molecule has 0 aromatic heterocycles. The summed E-state index contributed by atoms with van der Waals surface area (Å²) in [6.07, 6.45) is -1.42. The van der Waals surface area contributed by atoms with Crippen LogP contribution in [0, 0.1) is 35.6 Å². The molecule has 0 heterocycles. The number of esters is 3. The third-order valence-corrected chi connectivity index (χ3v) is 2.77. The van der Waals surface area contributed by atoms with Crippen molar-refractivity contribution in [3.05, 3.63) is 36.5 Å². The van der Waals surface area contributed by atoms with Gasteiger partial charge in [-0.05, 0) is 20.8 Å². The van der Waals surface area contributed by atoms with Crippen molar-refractivity contribution in [3.8, 4) is 0 Å². The third-order valence-electron chi connectivity index (χ3n) is 2.77. The van der Waals surface area contributed by atoms with Crippen molar-refractivity contribution >= 4 is 35.8 Å². The van der Waals surface area contributed by atoms with Crippen LogP contribution in [-0.4, -0.2) is 55.6 Å². The SMILES string of the molecule is C=C(CC(=O)[O-])C(=O)OCC.C=C(CC(=O)[O-])C(=O)OCC.C=C(CC(=O)[O-])C(=O)OCC.[La+3]. The van der Waals surface area contributed by atoms with E-state index >= 15 is 0 Å². The number of carbonyl (C=O) groups excluding carboxylic acids is 6. The van der Waals surface area contributed by atoms with E-state index in [0.717, 1.165) is 0 Å². The van der Waals surface area contributed by atoms with Crippen LogP contribution in [0.1, 0.15) is 40.0 Å². The molecular formula is C21H27LaO12. The summed E-state index contributed by atoms with van der Waals surface area (Å²) < 4.78 is 13.4. The summed E-state index contributed by atoms with van der Waals surface area (Å²) >= 11 is 0. The summed E-state index contributed by atoms with van der Waals surface area (Å²) in [4.78, 5) is 61.8. The number of carboxylic acids is 3. The van der Waals surface area contributed by atoms with Crippen LogP contribution in [0.4, 0.5) is 0 Å². The second-order valence-corrected chi connectivity index (χ2v) is 5.62. The van der Waals surface area contributed by atoms with Gasteiger partial charge in [0.2, 0.25) is 0 Å². The Hall–Kier alpha value is -2.77. The molecule has 0 fully saturated rings. The quantitative estimate of drug-likeness (QED) is 0.131. The van der Waals surface area contributed by atoms with E-state index in [9.17, 15) is 44.1 Å². The van der Waals surface area contributed by atoms with Crippen molar-refractivity contribution in [2.75, 3.05) is 19.8 Å². The van der Waals surface area contributed by atoms with E-state index in [4.69, 9.17) is 0 Å². The first kappa shape index (κ1) is 38.5. The largest absolute Gasteiger partial charge is 3.00 e. The first-order chi connectivity index (χ1) is 15.2. The average Bonchev–Trinajstić information content (AvgIpc) is 2.68. The Morgan fingerprint density at radius 3 is 0.824 bits per heavy atom. The van der Waals surface area contributed by atoms with Crippen LogP contribution in [0.3, 0.4) is 0 Å². The molecule has 0 bridgehead atoms. The number of hydrogen-bond acceptors (Lipinski definition) is 12. The number of hydrogen-bond donors (Lipinski definition) is 0. The van der Waals surface area contributed by atoms with Gasteiger partial charge in [-0.2, -0.15) is 0 Å². The molecule has 0 aromatic carbocycles. The topological polar surface area (TPSA) is 199 Å². The Balaban J connectivity index is -0.000000196. The van der Waals surface area contributed by atoms with E-state index in [1.165, 1.54) is 0 Å². The van der Waals surface area contributed by atoms with Crippen molar-refractivity contribution in [1.82, 2.24) is 0 Å². The van der Waals surface area contributed by atoms with Crippen molar-refractivity contribution < 1.29 is 93.9 Å². The van der Waals surface area contributed by atoms with Gasteiger partial charge in [0.1, 0.15) is 0 Å². The molecule has 186 valence electrons. The van der Waals surface area contributed by atoms with E-state index in [-0.39, 0.29) is 72.1 Å². The van der Waals surface area contributed by atoms with Crippen molar-refractivity contribution in [2.24, 2.45) is 0 Å². The summed E-state index contributed by atoms with van der Waals surface area (Å²) in [5.74, 6) is -6.04. The molecule has 0 aliphatic carbocycles. The maximum absolute atomic E-state index is 10.7. The number of rotatable bonds is 12. The molecule has 0 N–H and O–H groups in total. The van der Waals surface area contributed by atoms with Crippen LogP contribution < -0.4 is 15.3 Å². The summed E-state index contributed by atoms with van der Waals surface area (Å²) in [6.45, 7) is 15.2. The molecule has 12 nitrogen and oxygen atoms in total. The van der Waals surface area contributed by atoms with Crippen molar-refractivity contribution in [3.63, 3.8) is 0 Å². The number of carbonyl (C=O) groups is 6. The van der Waals surface area contributed by atoms with Crippen LogP contribution in [0.25, 0.3) is 0 Å². The molecule has 0 aliphatic rings. The predicted molar refractivity (Wildman–Crippen MR) is 106 cm³/mol. The van der Waals surface area contributed by atoms with Crippen LogP contribution in [0.15, 0.2) is 36.5 Å². The molecule has 0 aromatic rings. The summed E-state index contributed by atoms with van der Waals surface area (Å²) in [5, 5.41) is 29.8. The monoisotopic (exact) mass is 610 g/mol. The molecule has 0 saturated heterocycles. The minimum Gasteiger partial charge on any atom is -0.550 e. The van der Waals surface area contributed by atoms with Gasteiger partial charge in [-0.15, -0.1) is 0 Å². The fourth-order valence-corrected chi connectivity index (χ4v) is 1.44. The minimum absolute atomic E-state index is 0. The van der Waals surface area contributed by atoms with Gasteiger partial charge in [-0.3, -0.25) is 0 Å². The average molecular weight is 610 g/mol. The van der Waals surface area contributed by atoms with Crippen LogP contribution >= 0.6 is 0 Å². The molecule has 0 atom stereocenters. The summed E-state index contributed by atoms with van der Waals surface area (Å²) in [7, 11) is 0. The van der Waals surface area contributed by atoms with E-state index in [2.05, 4.69) is 33.9 Å². The zero-order chi connectivity index (χ0) is 26.6. The van der Waals surface area contributed by atoms with Gasteiger partial charge < -0.3 is 43.9 Å². The second kappa shape index (κ2) is 23.4. The smallest absolute Gasteiger partial charge is 0.550 e. The minimum atomic E-state index is -1.33. The maximum Gasteiger partial charge on any atom is 3.00 e. The summed E-state index contributed by atoms with van der Waals surface area (Å²) in [5.41, 5.74) is -0.273. The molecule has 13 heteroatoms. The van der Waals surface area contributed by atoms with E-state index in [1.807, 2.05) is 0 Å². The van der Waals surface area contributed by atoms with Gasteiger partial charge in [0.15, 0.2) is 0 Å². The molecule has 0 rings (SSSR count). The molecule has 0 saturated carbocycles. The third kappa shape index (κ3) is 25.5. The van der Waals surface area contributed by atoms with Gasteiger partial charge in [0.05, 0.1) is 19.8 Å². The van der Waals surface area contributed by atoms with E-state index in [1.54, 1.807) is 20.8 Å².